The van der Waals surface area contributed by atoms with Crippen LogP contribution in [0.2, 0.25) is 0 Å². The summed E-state index contributed by atoms with van der Waals surface area (Å²) in [6, 6.07) is 1.31. The van der Waals surface area contributed by atoms with Gasteiger partial charge in [-0.25, -0.2) is 0 Å². The van der Waals surface area contributed by atoms with E-state index in [9.17, 15) is 4.79 Å². The monoisotopic (exact) mass is 406 g/mol. The lowest BCUT2D eigenvalue weighted by Gasteiger charge is -2.20. The average molecular weight is 407 g/mol. The molecular weight excluding hydrogens is 364 g/mol. The number of carbonyl (C=O) groups is 1. The number of ether oxygens (including phenoxy) is 2. The SMILES string of the molecule is C=C/C(OC)=C(C=O)\C=C\C1CC1NCCC1CC1.CC.CNC1CCOCC1. The molecule has 5 heteroatoms. The number of allylic oxidation sites excluding steroid dienone is 3. The molecule has 0 aromatic carbocycles. The summed E-state index contributed by atoms with van der Waals surface area (Å²) in [5.41, 5.74) is 0.557. The molecule has 29 heavy (non-hydrogen) atoms. The highest BCUT2D eigenvalue weighted by Gasteiger charge is 2.34. The molecule has 0 amide bonds. The van der Waals surface area contributed by atoms with E-state index in [2.05, 4.69) is 23.3 Å². The van der Waals surface area contributed by atoms with Crippen molar-refractivity contribution in [2.45, 2.75) is 64.5 Å². The molecule has 2 unspecified atom stereocenters. The fraction of sp³-hybridized carbons (Fsp3) is 0.708. The van der Waals surface area contributed by atoms with E-state index in [1.807, 2.05) is 27.0 Å². The largest absolute Gasteiger partial charge is 0.496 e. The number of aldehydes is 1. The van der Waals surface area contributed by atoms with Crippen molar-refractivity contribution in [1.29, 1.82) is 0 Å². The summed E-state index contributed by atoms with van der Waals surface area (Å²) in [7, 11) is 3.56. The molecular formula is C24H42N2O3. The van der Waals surface area contributed by atoms with E-state index >= 15 is 0 Å². The second kappa shape index (κ2) is 15.4. The maximum absolute atomic E-state index is 11.0. The van der Waals surface area contributed by atoms with E-state index in [4.69, 9.17) is 9.47 Å². The van der Waals surface area contributed by atoms with E-state index in [-0.39, 0.29) is 0 Å². The van der Waals surface area contributed by atoms with Crippen LogP contribution >= 0.6 is 0 Å². The number of carbonyl (C=O) groups excluding carboxylic acids is 1. The standard InChI is InChI=1S/C16H23NO2.C6H13NO.C2H6/c1-3-16(19-2)14(11-18)7-6-13-10-15(13)17-9-8-12-4-5-12;1-7-6-2-4-8-5-3-6;1-2/h3,6-7,11-13,15,17H,1,4-5,8-10H2,2H3;6-7H,2-5H2,1H3;1-2H3/b7-6+,16-14-;;. The highest BCUT2D eigenvalue weighted by molar-refractivity contribution is 5.79. The topological polar surface area (TPSA) is 59.6 Å². The summed E-state index contributed by atoms with van der Waals surface area (Å²) in [5, 5.41) is 6.79. The Bertz CT molecular complexity index is 520. The Balaban J connectivity index is 0.000000351. The van der Waals surface area contributed by atoms with Gasteiger partial charge in [-0.15, -0.1) is 0 Å². The molecule has 0 spiro atoms. The molecule has 5 nitrogen and oxygen atoms in total. The Morgan fingerprint density at radius 3 is 2.38 bits per heavy atom. The molecule has 0 aromatic rings. The molecule has 0 radical (unpaired) electrons. The molecule has 2 aliphatic carbocycles. The first-order valence-electron chi connectivity index (χ1n) is 11.2. The van der Waals surface area contributed by atoms with Gasteiger partial charge in [0, 0.05) is 25.3 Å². The minimum Gasteiger partial charge on any atom is -0.496 e. The zero-order valence-corrected chi connectivity index (χ0v) is 18.9. The molecule has 3 fully saturated rings. The minimum absolute atomic E-state index is 0.533. The van der Waals surface area contributed by atoms with Gasteiger partial charge in [-0.1, -0.05) is 45.4 Å². The lowest BCUT2D eigenvalue weighted by Crippen LogP contribution is -2.31. The van der Waals surface area contributed by atoms with Crippen LogP contribution < -0.4 is 10.6 Å². The van der Waals surface area contributed by atoms with Crippen molar-refractivity contribution >= 4 is 6.29 Å². The Morgan fingerprint density at radius 2 is 1.90 bits per heavy atom. The summed E-state index contributed by atoms with van der Waals surface area (Å²) in [5.74, 6) is 2.07. The molecule has 2 atom stereocenters. The van der Waals surface area contributed by atoms with Crippen molar-refractivity contribution in [3.63, 3.8) is 0 Å². The van der Waals surface area contributed by atoms with Gasteiger partial charge in [-0.2, -0.15) is 0 Å². The zero-order valence-electron chi connectivity index (χ0n) is 18.9. The summed E-state index contributed by atoms with van der Waals surface area (Å²) in [4.78, 5) is 11.0. The van der Waals surface area contributed by atoms with Gasteiger partial charge >= 0.3 is 0 Å². The summed E-state index contributed by atoms with van der Waals surface area (Å²) in [6.45, 7) is 10.6. The maximum atomic E-state index is 11.0. The van der Waals surface area contributed by atoms with Crippen molar-refractivity contribution in [2.75, 3.05) is 33.9 Å². The number of methoxy groups -OCH3 is 1. The molecule has 2 N–H and O–H groups in total. The normalized spacial score (nSPS) is 24.4. The third-order valence-corrected chi connectivity index (χ3v) is 5.47. The van der Waals surface area contributed by atoms with Gasteiger partial charge in [-0.3, -0.25) is 4.79 Å². The van der Waals surface area contributed by atoms with Crippen LogP contribution in [-0.4, -0.2) is 52.3 Å². The first kappa shape index (κ1) is 25.6. The smallest absolute Gasteiger partial charge is 0.153 e. The van der Waals surface area contributed by atoms with Gasteiger partial charge in [0.15, 0.2) is 6.29 Å². The van der Waals surface area contributed by atoms with Crippen molar-refractivity contribution in [1.82, 2.24) is 10.6 Å². The van der Waals surface area contributed by atoms with E-state index in [1.54, 1.807) is 13.2 Å². The van der Waals surface area contributed by atoms with Crippen LogP contribution in [-0.2, 0) is 14.3 Å². The molecule has 3 aliphatic rings. The molecule has 0 bridgehead atoms. The van der Waals surface area contributed by atoms with E-state index in [0.29, 0.717) is 29.3 Å². The Morgan fingerprint density at radius 1 is 1.21 bits per heavy atom. The number of nitrogens with one attached hydrogen (secondary N) is 2. The Labute approximate surface area is 178 Å². The molecule has 0 aromatic heterocycles. The van der Waals surface area contributed by atoms with Crippen LogP contribution in [0.5, 0.6) is 0 Å². The van der Waals surface area contributed by atoms with E-state index in [0.717, 1.165) is 32.0 Å². The van der Waals surface area contributed by atoms with Gasteiger partial charge in [0.25, 0.3) is 0 Å². The van der Waals surface area contributed by atoms with E-state index in [1.165, 1.54) is 38.5 Å². The first-order valence-corrected chi connectivity index (χ1v) is 11.2. The minimum atomic E-state index is 0.533. The summed E-state index contributed by atoms with van der Waals surface area (Å²) < 4.78 is 10.3. The molecule has 1 heterocycles. The fourth-order valence-corrected chi connectivity index (χ4v) is 3.25. The molecule has 2 saturated carbocycles. The van der Waals surface area contributed by atoms with Crippen LogP contribution in [0.15, 0.2) is 36.1 Å². The lowest BCUT2D eigenvalue weighted by atomic mass is 10.1. The van der Waals surface area contributed by atoms with Gasteiger partial charge in [-0.05, 0) is 57.2 Å². The average Bonchev–Trinajstić information content (AvgIpc) is 3.71. The van der Waals surface area contributed by atoms with Crippen molar-refractivity contribution in [3.05, 3.63) is 36.1 Å². The third-order valence-electron chi connectivity index (χ3n) is 5.47. The quantitative estimate of drug-likeness (QED) is 0.248. The third kappa shape index (κ3) is 10.8. The van der Waals surface area contributed by atoms with Gasteiger partial charge < -0.3 is 20.1 Å². The number of rotatable bonds is 10. The predicted octanol–water partition coefficient (Wildman–Crippen LogP) is 4.02. The van der Waals surface area contributed by atoms with Crippen LogP contribution in [0.3, 0.4) is 0 Å². The van der Waals surface area contributed by atoms with Crippen LogP contribution in [0.4, 0.5) is 0 Å². The van der Waals surface area contributed by atoms with Crippen LogP contribution in [0, 0.1) is 11.8 Å². The highest BCUT2D eigenvalue weighted by Crippen LogP contribution is 2.34. The van der Waals surface area contributed by atoms with E-state index < -0.39 is 0 Å². The maximum Gasteiger partial charge on any atom is 0.153 e. The summed E-state index contributed by atoms with van der Waals surface area (Å²) >= 11 is 0. The molecule has 3 rings (SSSR count). The highest BCUT2D eigenvalue weighted by atomic mass is 16.5. The second-order valence-corrected chi connectivity index (χ2v) is 7.57. The van der Waals surface area contributed by atoms with Crippen LogP contribution in [0.25, 0.3) is 0 Å². The van der Waals surface area contributed by atoms with Crippen LogP contribution in [0.1, 0.15) is 52.4 Å². The van der Waals surface area contributed by atoms with Crippen molar-refractivity contribution in [3.8, 4) is 0 Å². The number of hydrogen-bond donors (Lipinski definition) is 2. The molecule has 166 valence electrons. The van der Waals surface area contributed by atoms with Gasteiger partial charge in [0.2, 0.25) is 0 Å². The van der Waals surface area contributed by atoms with Gasteiger partial charge in [0.05, 0.1) is 12.7 Å². The Hall–Kier alpha value is -1.43. The zero-order chi connectivity index (χ0) is 21.5. The first-order chi connectivity index (χ1) is 14.2. The second-order valence-electron chi connectivity index (χ2n) is 7.57. The molecule has 1 saturated heterocycles. The molecule has 1 aliphatic heterocycles. The van der Waals surface area contributed by atoms with Gasteiger partial charge in [0.1, 0.15) is 5.76 Å². The predicted molar refractivity (Wildman–Crippen MR) is 121 cm³/mol. The fourth-order valence-electron chi connectivity index (χ4n) is 3.25. The van der Waals surface area contributed by atoms with Crippen molar-refractivity contribution in [2.24, 2.45) is 11.8 Å². The lowest BCUT2D eigenvalue weighted by molar-refractivity contribution is -0.104. The van der Waals surface area contributed by atoms with Crippen molar-refractivity contribution < 1.29 is 14.3 Å². The number of hydrogen-bond acceptors (Lipinski definition) is 5. The Kier molecular flexibility index (Phi) is 13.6. The summed E-state index contributed by atoms with van der Waals surface area (Å²) in [6.07, 6.45) is 14.0.